The summed E-state index contributed by atoms with van der Waals surface area (Å²) < 4.78 is 5.69. The van der Waals surface area contributed by atoms with Gasteiger partial charge in [-0.05, 0) is 32.5 Å². The standard InChI is InChI=1S/C13H18N2O/c1-10-12(9-15-8-4-7-14)11-5-2-3-6-13(11)16-10/h2-3,5-6,15H,4,7-9,14H2,1H3. The van der Waals surface area contributed by atoms with Gasteiger partial charge in [-0.3, -0.25) is 0 Å². The average Bonchev–Trinajstić information content (AvgIpc) is 2.61. The molecular formula is C13H18N2O. The van der Waals surface area contributed by atoms with Crippen LogP contribution in [0.3, 0.4) is 0 Å². The van der Waals surface area contributed by atoms with Crippen LogP contribution in [0.2, 0.25) is 0 Å². The first-order valence-electron chi connectivity index (χ1n) is 5.70. The molecule has 0 spiro atoms. The van der Waals surface area contributed by atoms with Crippen molar-refractivity contribution < 1.29 is 4.42 Å². The first-order chi connectivity index (χ1) is 7.83. The largest absolute Gasteiger partial charge is 0.461 e. The molecule has 0 aliphatic heterocycles. The second-order valence-corrected chi connectivity index (χ2v) is 3.95. The van der Waals surface area contributed by atoms with Gasteiger partial charge in [0.05, 0.1) is 0 Å². The normalized spacial score (nSPS) is 11.1. The van der Waals surface area contributed by atoms with E-state index in [1.165, 1.54) is 10.9 Å². The van der Waals surface area contributed by atoms with Crippen LogP contribution in [0.5, 0.6) is 0 Å². The molecule has 3 heteroatoms. The molecule has 0 amide bonds. The molecule has 0 radical (unpaired) electrons. The number of furan rings is 1. The van der Waals surface area contributed by atoms with Gasteiger partial charge in [-0.25, -0.2) is 0 Å². The number of nitrogens with one attached hydrogen (secondary N) is 1. The van der Waals surface area contributed by atoms with Crippen molar-refractivity contribution in [1.82, 2.24) is 5.32 Å². The summed E-state index contributed by atoms with van der Waals surface area (Å²) >= 11 is 0. The number of nitrogens with two attached hydrogens (primary N) is 1. The topological polar surface area (TPSA) is 51.2 Å². The van der Waals surface area contributed by atoms with Crippen molar-refractivity contribution in [3.8, 4) is 0 Å². The lowest BCUT2D eigenvalue weighted by molar-refractivity contribution is 0.563. The van der Waals surface area contributed by atoms with Crippen LogP contribution >= 0.6 is 0 Å². The Morgan fingerprint density at radius 3 is 2.94 bits per heavy atom. The van der Waals surface area contributed by atoms with Crippen molar-refractivity contribution in [2.45, 2.75) is 19.9 Å². The number of para-hydroxylation sites is 1. The van der Waals surface area contributed by atoms with E-state index in [1.54, 1.807) is 0 Å². The SMILES string of the molecule is Cc1oc2ccccc2c1CNCCCN. The molecule has 0 bridgehead atoms. The van der Waals surface area contributed by atoms with Gasteiger partial charge in [0.1, 0.15) is 11.3 Å². The predicted molar refractivity (Wildman–Crippen MR) is 66.3 cm³/mol. The van der Waals surface area contributed by atoms with E-state index in [1.807, 2.05) is 25.1 Å². The summed E-state index contributed by atoms with van der Waals surface area (Å²) in [5.41, 5.74) is 7.68. The number of rotatable bonds is 5. The zero-order chi connectivity index (χ0) is 11.4. The summed E-state index contributed by atoms with van der Waals surface area (Å²) in [7, 11) is 0. The Bertz CT molecular complexity index is 462. The lowest BCUT2D eigenvalue weighted by Crippen LogP contribution is -2.17. The summed E-state index contributed by atoms with van der Waals surface area (Å²) in [4.78, 5) is 0. The third kappa shape index (κ3) is 2.26. The van der Waals surface area contributed by atoms with Crippen molar-refractivity contribution in [1.29, 1.82) is 0 Å². The number of aryl methyl sites for hydroxylation is 1. The summed E-state index contributed by atoms with van der Waals surface area (Å²) in [6.45, 7) is 4.55. The maximum Gasteiger partial charge on any atom is 0.134 e. The van der Waals surface area contributed by atoms with E-state index in [9.17, 15) is 0 Å². The van der Waals surface area contributed by atoms with Crippen LogP contribution in [-0.4, -0.2) is 13.1 Å². The van der Waals surface area contributed by atoms with Gasteiger partial charge in [0.15, 0.2) is 0 Å². The molecule has 3 nitrogen and oxygen atoms in total. The number of benzene rings is 1. The van der Waals surface area contributed by atoms with Crippen LogP contribution in [-0.2, 0) is 6.54 Å². The van der Waals surface area contributed by atoms with Gasteiger partial charge in [-0.2, -0.15) is 0 Å². The van der Waals surface area contributed by atoms with E-state index in [4.69, 9.17) is 10.2 Å². The molecule has 0 unspecified atom stereocenters. The molecule has 2 rings (SSSR count). The lowest BCUT2D eigenvalue weighted by atomic mass is 10.1. The molecule has 0 aliphatic carbocycles. The Kier molecular flexibility index (Phi) is 3.59. The van der Waals surface area contributed by atoms with Gasteiger partial charge >= 0.3 is 0 Å². The highest BCUT2D eigenvalue weighted by Crippen LogP contribution is 2.24. The average molecular weight is 218 g/mol. The van der Waals surface area contributed by atoms with E-state index in [2.05, 4.69) is 11.4 Å². The molecule has 86 valence electrons. The molecule has 16 heavy (non-hydrogen) atoms. The van der Waals surface area contributed by atoms with Crippen LogP contribution in [0.1, 0.15) is 17.7 Å². The highest BCUT2D eigenvalue weighted by molar-refractivity contribution is 5.82. The van der Waals surface area contributed by atoms with Crippen molar-refractivity contribution in [3.05, 3.63) is 35.6 Å². The molecule has 2 aromatic rings. The molecule has 0 aliphatic rings. The number of hydrogen-bond acceptors (Lipinski definition) is 3. The molecule has 0 atom stereocenters. The Balaban J connectivity index is 2.13. The molecular weight excluding hydrogens is 200 g/mol. The Hall–Kier alpha value is -1.32. The molecule has 1 aromatic carbocycles. The minimum absolute atomic E-state index is 0.734. The van der Waals surface area contributed by atoms with Crippen molar-refractivity contribution in [3.63, 3.8) is 0 Å². The van der Waals surface area contributed by atoms with Crippen molar-refractivity contribution in [2.24, 2.45) is 5.73 Å². The van der Waals surface area contributed by atoms with Crippen LogP contribution in [0.15, 0.2) is 28.7 Å². The molecule has 0 fully saturated rings. The quantitative estimate of drug-likeness (QED) is 0.756. The van der Waals surface area contributed by atoms with Gasteiger partial charge < -0.3 is 15.5 Å². The minimum atomic E-state index is 0.734. The molecule has 3 N–H and O–H groups in total. The van der Waals surface area contributed by atoms with E-state index in [0.717, 1.165) is 37.4 Å². The van der Waals surface area contributed by atoms with Gasteiger partial charge in [0, 0.05) is 17.5 Å². The zero-order valence-electron chi connectivity index (χ0n) is 9.62. The first-order valence-corrected chi connectivity index (χ1v) is 5.70. The first kappa shape index (κ1) is 11.2. The Morgan fingerprint density at radius 2 is 2.12 bits per heavy atom. The molecule has 1 aromatic heterocycles. The fourth-order valence-corrected chi connectivity index (χ4v) is 1.88. The van der Waals surface area contributed by atoms with Crippen LogP contribution in [0.4, 0.5) is 0 Å². The third-order valence-electron chi connectivity index (χ3n) is 2.76. The number of fused-ring (bicyclic) bond motifs is 1. The number of hydrogen-bond donors (Lipinski definition) is 2. The lowest BCUT2D eigenvalue weighted by Gasteiger charge is -2.02. The zero-order valence-corrected chi connectivity index (χ0v) is 9.62. The molecule has 1 heterocycles. The maximum absolute atomic E-state index is 5.69. The van der Waals surface area contributed by atoms with E-state index in [0.29, 0.717) is 0 Å². The van der Waals surface area contributed by atoms with Gasteiger partial charge in [-0.15, -0.1) is 0 Å². The van der Waals surface area contributed by atoms with Crippen molar-refractivity contribution >= 4 is 11.0 Å². The minimum Gasteiger partial charge on any atom is -0.461 e. The van der Waals surface area contributed by atoms with E-state index in [-0.39, 0.29) is 0 Å². The van der Waals surface area contributed by atoms with Gasteiger partial charge in [0.2, 0.25) is 0 Å². The Labute approximate surface area is 95.6 Å². The van der Waals surface area contributed by atoms with Gasteiger partial charge in [0.25, 0.3) is 0 Å². The van der Waals surface area contributed by atoms with Gasteiger partial charge in [-0.1, -0.05) is 18.2 Å². The summed E-state index contributed by atoms with van der Waals surface area (Å²) in [5, 5.41) is 4.59. The molecule has 0 saturated heterocycles. The predicted octanol–water partition coefficient (Wildman–Crippen LogP) is 2.18. The highest BCUT2D eigenvalue weighted by atomic mass is 16.3. The second-order valence-electron chi connectivity index (χ2n) is 3.95. The summed E-state index contributed by atoms with van der Waals surface area (Å²) in [5.74, 6) is 1.00. The monoisotopic (exact) mass is 218 g/mol. The molecule has 0 saturated carbocycles. The summed E-state index contributed by atoms with van der Waals surface area (Å²) in [6, 6.07) is 8.15. The second kappa shape index (κ2) is 5.14. The third-order valence-corrected chi connectivity index (χ3v) is 2.76. The van der Waals surface area contributed by atoms with Crippen LogP contribution < -0.4 is 11.1 Å². The maximum atomic E-state index is 5.69. The summed E-state index contributed by atoms with van der Waals surface area (Å²) in [6.07, 6.45) is 1.01. The van der Waals surface area contributed by atoms with E-state index >= 15 is 0 Å². The van der Waals surface area contributed by atoms with E-state index < -0.39 is 0 Å². The van der Waals surface area contributed by atoms with Crippen molar-refractivity contribution in [2.75, 3.05) is 13.1 Å². The van der Waals surface area contributed by atoms with Crippen LogP contribution in [0.25, 0.3) is 11.0 Å². The smallest absolute Gasteiger partial charge is 0.134 e. The Morgan fingerprint density at radius 1 is 1.31 bits per heavy atom. The fourth-order valence-electron chi connectivity index (χ4n) is 1.88. The fraction of sp³-hybridized carbons (Fsp3) is 0.385. The highest BCUT2D eigenvalue weighted by Gasteiger charge is 2.08. The van der Waals surface area contributed by atoms with Crippen LogP contribution in [0, 0.1) is 6.92 Å².